The highest BCUT2D eigenvalue weighted by Gasteiger charge is 2.10. The second kappa shape index (κ2) is 3.74. The molecule has 10 heavy (non-hydrogen) atoms. The molecule has 0 aromatic heterocycles. The van der Waals surface area contributed by atoms with Gasteiger partial charge in [0, 0.05) is 13.1 Å². The van der Waals surface area contributed by atoms with Crippen LogP contribution in [0.5, 0.6) is 0 Å². The highest BCUT2D eigenvalue weighted by atomic mass is 16.3. The number of β-amino-alcohol motifs (C(OH)–C–C–N with tert-alkyl or cyclic N) is 1. The van der Waals surface area contributed by atoms with Gasteiger partial charge in [-0.2, -0.15) is 0 Å². The van der Waals surface area contributed by atoms with E-state index < -0.39 is 0 Å². The van der Waals surface area contributed by atoms with E-state index in [1.54, 1.807) is 0 Å². The van der Waals surface area contributed by atoms with Crippen LogP contribution >= 0.6 is 0 Å². The SMILES string of the molecule is C=C1CCCN(CCO)C1. The molecule has 0 aromatic carbocycles. The summed E-state index contributed by atoms with van der Waals surface area (Å²) in [5.74, 6) is 0. The van der Waals surface area contributed by atoms with Crippen LogP contribution < -0.4 is 0 Å². The van der Waals surface area contributed by atoms with E-state index in [1.165, 1.54) is 18.4 Å². The lowest BCUT2D eigenvalue weighted by atomic mass is 10.1. The lowest BCUT2D eigenvalue weighted by molar-refractivity contribution is 0.193. The smallest absolute Gasteiger partial charge is 0.0558 e. The summed E-state index contributed by atoms with van der Waals surface area (Å²) in [6, 6.07) is 0. The minimum Gasteiger partial charge on any atom is -0.395 e. The largest absolute Gasteiger partial charge is 0.395 e. The van der Waals surface area contributed by atoms with Gasteiger partial charge in [-0.1, -0.05) is 12.2 Å². The highest BCUT2D eigenvalue weighted by molar-refractivity contribution is 5.00. The third kappa shape index (κ3) is 2.12. The van der Waals surface area contributed by atoms with Gasteiger partial charge in [-0.15, -0.1) is 0 Å². The van der Waals surface area contributed by atoms with Gasteiger partial charge in [0.2, 0.25) is 0 Å². The Morgan fingerprint density at radius 3 is 3.00 bits per heavy atom. The van der Waals surface area contributed by atoms with Gasteiger partial charge < -0.3 is 5.11 Å². The van der Waals surface area contributed by atoms with Crippen molar-refractivity contribution in [3.8, 4) is 0 Å². The summed E-state index contributed by atoms with van der Waals surface area (Å²) in [5, 5.41) is 8.63. The van der Waals surface area contributed by atoms with Crippen LogP contribution in [0.3, 0.4) is 0 Å². The maximum atomic E-state index is 8.63. The van der Waals surface area contributed by atoms with Gasteiger partial charge in [-0.05, 0) is 19.4 Å². The molecule has 1 rings (SSSR count). The summed E-state index contributed by atoms with van der Waals surface area (Å²) in [4.78, 5) is 2.24. The summed E-state index contributed by atoms with van der Waals surface area (Å²) in [5.41, 5.74) is 1.31. The number of rotatable bonds is 2. The van der Waals surface area contributed by atoms with E-state index >= 15 is 0 Å². The van der Waals surface area contributed by atoms with Crippen molar-refractivity contribution in [2.45, 2.75) is 12.8 Å². The fraction of sp³-hybridized carbons (Fsp3) is 0.750. The van der Waals surface area contributed by atoms with Crippen molar-refractivity contribution < 1.29 is 5.11 Å². The molecular formula is C8H15NO. The number of likely N-dealkylation sites (tertiary alicyclic amines) is 1. The zero-order valence-electron chi connectivity index (χ0n) is 6.34. The molecule has 2 nitrogen and oxygen atoms in total. The molecule has 0 atom stereocenters. The zero-order valence-corrected chi connectivity index (χ0v) is 6.34. The Kier molecular flexibility index (Phi) is 2.90. The van der Waals surface area contributed by atoms with Crippen molar-refractivity contribution >= 4 is 0 Å². The molecule has 1 aliphatic heterocycles. The second-order valence-corrected chi connectivity index (χ2v) is 2.85. The van der Waals surface area contributed by atoms with E-state index in [-0.39, 0.29) is 6.61 Å². The molecule has 2 heteroatoms. The molecule has 0 amide bonds. The molecule has 0 aliphatic carbocycles. The number of aliphatic hydroxyl groups excluding tert-OH is 1. The van der Waals surface area contributed by atoms with Crippen LogP contribution in [0, 0.1) is 0 Å². The van der Waals surface area contributed by atoms with Crippen molar-refractivity contribution in [3.63, 3.8) is 0 Å². The minimum absolute atomic E-state index is 0.271. The Hall–Kier alpha value is -0.340. The van der Waals surface area contributed by atoms with Crippen molar-refractivity contribution in [2.75, 3.05) is 26.2 Å². The van der Waals surface area contributed by atoms with Gasteiger partial charge in [0.05, 0.1) is 6.61 Å². The van der Waals surface area contributed by atoms with E-state index in [2.05, 4.69) is 11.5 Å². The molecule has 1 aliphatic rings. The van der Waals surface area contributed by atoms with Gasteiger partial charge in [-0.25, -0.2) is 0 Å². The van der Waals surface area contributed by atoms with Gasteiger partial charge in [0.15, 0.2) is 0 Å². The first kappa shape index (κ1) is 7.76. The lowest BCUT2D eigenvalue weighted by Crippen LogP contribution is -2.33. The average Bonchev–Trinajstić information content (AvgIpc) is 1.88. The molecule has 1 saturated heterocycles. The number of hydrogen-bond acceptors (Lipinski definition) is 2. The molecule has 58 valence electrons. The molecular weight excluding hydrogens is 126 g/mol. The summed E-state index contributed by atoms with van der Waals surface area (Å²) < 4.78 is 0. The average molecular weight is 141 g/mol. The first-order chi connectivity index (χ1) is 4.83. The number of hydrogen-bond donors (Lipinski definition) is 1. The fourth-order valence-corrected chi connectivity index (χ4v) is 1.36. The number of nitrogens with zero attached hydrogens (tertiary/aromatic N) is 1. The van der Waals surface area contributed by atoms with E-state index in [9.17, 15) is 0 Å². The van der Waals surface area contributed by atoms with Gasteiger partial charge >= 0.3 is 0 Å². The predicted octanol–water partition coefficient (Wildman–Crippen LogP) is 0.631. The topological polar surface area (TPSA) is 23.5 Å². The molecule has 0 radical (unpaired) electrons. The van der Waals surface area contributed by atoms with Crippen molar-refractivity contribution in [3.05, 3.63) is 12.2 Å². The minimum atomic E-state index is 0.271. The monoisotopic (exact) mass is 141 g/mol. The van der Waals surface area contributed by atoms with Crippen LogP contribution in [0.25, 0.3) is 0 Å². The predicted molar refractivity (Wildman–Crippen MR) is 41.9 cm³/mol. The molecule has 0 unspecified atom stereocenters. The zero-order chi connectivity index (χ0) is 7.40. The molecule has 0 spiro atoms. The standard InChI is InChI=1S/C8H15NO/c1-8-3-2-4-9(7-8)5-6-10/h10H,1-7H2. The van der Waals surface area contributed by atoms with Crippen molar-refractivity contribution in [2.24, 2.45) is 0 Å². The van der Waals surface area contributed by atoms with E-state index in [0.717, 1.165) is 19.6 Å². The summed E-state index contributed by atoms with van der Waals surface area (Å²) >= 11 is 0. The molecule has 0 bridgehead atoms. The van der Waals surface area contributed by atoms with Gasteiger partial charge in [0.25, 0.3) is 0 Å². The van der Waals surface area contributed by atoms with Crippen molar-refractivity contribution in [1.82, 2.24) is 4.90 Å². The van der Waals surface area contributed by atoms with Crippen LogP contribution in [0.15, 0.2) is 12.2 Å². The molecule has 1 fully saturated rings. The Labute approximate surface area is 62.2 Å². The Morgan fingerprint density at radius 1 is 1.60 bits per heavy atom. The quantitative estimate of drug-likeness (QED) is 0.570. The maximum Gasteiger partial charge on any atom is 0.0558 e. The molecule has 0 aromatic rings. The Morgan fingerprint density at radius 2 is 2.40 bits per heavy atom. The van der Waals surface area contributed by atoms with Crippen LogP contribution in [-0.4, -0.2) is 36.2 Å². The van der Waals surface area contributed by atoms with E-state index in [0.29, 0.717) is 0 Å². The molecule has 0 saturated carbocycles. The first-order valence-corrected chi connectivity index (χ1v) is 3.83. The van der Waals surface area contributed by atoms with Crippen LogP contribution in [0.1, 0.15) is 12.8 Å². The van der Waals surface area contributed by atoms with E-state index in [1.807, 2.05) is 0 Å². The van der Waals surface area contributed by atoms with Crippen molar-refractivity contribution in [1.29, 1.82) is 0 Å². The van der Waals surface area contributed by atoms with Crippen LogP contribution in [0.4, 0.5) is 0 Å². The summed E-state index contributed by atoms with van der Waals surface area (Å²) in [7, 11) is 0. The van der Waals surface area contributed by atoms with Gasteiger partial charge in [0.1, 0.15) is 0 Å². The summed E-state index contributed by atoms with van der Waals surface area (Å²) in [6.45, 7) is 7.11. The Bertz CT molecular complexity index is 120. The lowest BCUT2D eigenvalue weighted by Gasteiger charge is -2.26. The maximum absolute atomic E-state index is 8.63. The highest BCUT2D eigenvalue weighted by Crippen LogP contribution is 2.12. The normalized spacial score (nSPS) is 21.5. The molecule has 1 heterocycles. The third-order valence-corrected chi connectivity index (χ3v) is 1.87. The fourth-order valence-electron chi connectivity index (χ4n) is 1.36. The van der Waals surface area contributed by atoms with Crippen LogP contribution in [-0.2, 0) is 0 Å². The number of piperidine rings is 1. The van der Waals surface area contributed by atoms with Gasteiger partial charge in [-0.3, -0.25) is 4.90 Å². The summed E-state index contributed by atoms with van der Waals surface area (Å²) in [6.07, 6.45) is 2.38. The second-order valence-electron chi connectivity index (χ2n) is 2.85. The number of aliphatic hydroxyl groups is 1. The van der Waals surface area contributed by atoms with E-state index in [4.69, 9.17) is 5.11 Å². The van der Waals surface area contributed by atoms with Crippen LogP contribution in [0.2, 0.25) is 0 Å². The Balaban J connectivity index is 2.25. The third-order valence-electron chi connectivity index (χ3n) is 1.87. The first-order valence-electron chi connectivity index (χ1n) is 3.83. The molecule has 1 N–H and O–H groups in total.